The van der Waals surface area contributed by atoms with E-state index >= 15 is 0 Å². The standard InChI is InChI=1S/C10H6ClNO2S/c11-8-2-1-6(5-7(8)10(13)14)9-3-4-15-12-9/h1-5H,(H,13,14). The summed E-state index contributed by atoms with van der Waals surface area (Å²) in [5, 5.41) is 11.0. The van der Waals surface area contributed by atoms with Gasteiger partial charge in [-0.25, -0.2) is 4.79 Å². The van der Waals surface area contributed by atoms with Gasteiger partial charge in [0.25, 0.3) is 0 Å². The van der Waals surface area contributed by atoms with Gasteiger partial charge in [0, 0.05) is 10.9 Å². The van der Waals surface area contributed by atoms with Crippen LogP contribution in [0, 0.1) is 0 Å². The first-order valence-electron chi connectivity index (χ1n) is 4.12. The van der Waals surface area contributed by atoms with E-state index in [9.17, 15) is 4.79 Å². The average Bonchev–Trinajstić information content (AvgIpc) is 2.71. The summed E-state index contributed by atoms with van der Waals surface area (Å²) in [7, 11) is 0. The number of rotatable bonds is 2. The van der Waals surface area contributed by atoms with Gasteiger partial charge >= 0.3 is 5.97 Å². The Morgan fingerprint density at radius 2 is 2.20 bits per heavy atom. The molecular weight excluding hydrogens is 234 g/mol. The molecule has 76 valence electrons. The fourth-order valence-electron chi connectivity index (χ4n) is 1.21. The van der Waals surface area contributed by atoms with Crippen LogP contribution in [0.15, 0.2) is 29.6 Å². The average molecular weight is 240 g/mol. The van der Waals surface area contributed by atoms with Crippen molar-refractivity contribution < 1.29 is 9.90 Å². The predicted octanol–water partition coefficient (Wildman–Crippen LogP) is 3.16. The zero-order valence-corrected chi connectivity index (χ0v) is 9.05. The molecule has 3 nitrogen and oxygen atoms in total. The van der Waals surface area contributed by atoms with Crippen LogP contribution in [0.3, 0.4) is 0 Å². The molecule has 0 saturated carbocycles. The summed E-state index contributed by atoms with van der Waals surface area (Å²) in [6.45, 7) is 0. The summed E-state index contributed by atoms with van der Waals surface area (Å²) < 4.78 is 4.12. The normalized spacial score (nSPS) is 10.2. The van der Waals surface area contributed by atoms with Crippen molar-refractivity contribution in [3.63, 3.8) is 0 Å². The molecule has 5 heteroatoms. The zero-order valence-electron chi connectivity index (χ0n) is 7.48. The molecule has 1 aromatic heterocycles. The molecule has 0 unspecified atom stereocenters. The zero-order chi connectivity index (χ0) is 10.8. The third kappa shape index (κ3) is 2.00. The molecule has 1 aromatic carbocycles. The third-order valence-corrected chi connectivity index (χ3v) is 2.82. The summed E-state index contributed by atoms with van der Waals surface area (Å²) in [6, 6.07) is 6.68. The van der Waals surface area contributed by atoms with Gasteiger partial charge in [-0.15, -0.1) is 0 Å². The summed E-state index contributed by atoms with van der Waals surface area (Å²) in [4.78, 5) is 10.8. The molecule has 0 aliphatic rings. The summed E-state index contributed by atoms with van der Waals surface area (Å²) >= 11 is 7.08. The van der Waals surface area contributed by atoms with Gasteiger partial charge in [0.2, 0.25) is 0 Å². The van der Waals surface area contributed by atoms with Crippen LogP contribution >= 0.6 is 23.1 Å². The Morgan fingerprint density at radius 1 is 1.40 bits per heavy atom. The van der Waals surface area contributed by atoms with Gasteiger partial charge in [-0.1, -0.05) is 17.7 Å². The molecule has 2 rings (SSSR count). The number of aromatic nitrogens is 1. The Hall–Kier alpha value is -1.39. The lowest BCUT2D eigenvalue weighted by atomic mass is 10.1. The van der Waals surface area contributed by atoms with Crippen molar-refractivity contribution in [2.24, 2.45) is 0 Å². The van der Waals surface area contributed by atoms with Gasteiger partial charge in [0.1, 0.15) is 0 Å². The highest BCUT2D eigenvalue weighted by Gasteiger charge is 2.10. The van der Waals surface area contributed by atoms with Crippen LogP contribution in [0.4, 0.5) is 0 Å². The first kappa shape index (κ1) is 10.1. The summed E-state index contributed by atoms with van der Waals surface area (Å²) in [5.41, 5.74) is 1.62. The Labute approximate surface area is 95.1 Å². The number of hydrogen-bond donors (Lipinski definition) is 1. The number of hydrogen-bond acceptors (Lipinski definition) is 3. The molecule has 0 saturated heterocycles. The Bertz CT molecular complexity index is 496. The van der Waals surface area contributed by atoms with Gasteiger partial charge in [-0.3, -0.25) is 0 Å². The lowest BCUT2D eigenvalue weighted by Gasteiger charge is -2.01. The van der Waals surface area contributed by atoms with Crippen LogP contribution in [0.5, 0.6) is 0 Å². The van der Waals surface area contributed by atoms with Crippen LogP contribution in [0.1, 0.15) is 10.4 Å². The van der Waals surface area contributed by atoms with Crippen LogP contribution < -0.4 is 0 Å². The smallest absolute Gasteiger partial charge is 0.337 e. The molecule has 2 aromatic rings. The van der Waals surface area contributed by atoms with Crippen molar-refractivity contribution >= 4 is 29.1 Å². The van der Waals surface area contributed by atoms with Crippen molar-refractivity contribution in [2.45, 2.75) is 0 Å². The maximum absolute atomic E-state index is 10.8. The van der Waals surface area contributed by atoms with E-state index in [0.29, 0.717) is 0 Å². The number of carboxylic acids is 1. The number of carboxylic acid groups (broad SMARTS) is 1. The third-order valence-electron chi connectivity index (χ3n) is 1.93. The fraction of sp³-hybridized carbons (Fsp3) is 0. The van der Waals surface area contributed by atoms with Gasteiger partial charge in [-0.2, -0.15) is 4.37 Å². The number of halogens is 1. The Kier molecular flexibility index (Phi) is 2.70. The van der Waals surface area contributed by atoms with E-state index < -0.39 is 5.97 Å². The SMILES string of the molecule is O=C(O)c1cc(-c2ccsn2)ccc1Cl. The van der Waals surface area contributed by atoms with Gasteiger partial charge in [-0.05, 0) is 29.7 Å². The van der Waals surface area contributed by atoms with Crippen molar-refractivity contribution in [1.82, 2.24) is 4.37 Å². The van der Waals surface area contributed by atoms with E-state index in [4.69, 9.17) is 16.7 Å². The number of nitrogens with zero attached hydrogens (tertiary/aromatic N) is 1. The van der Waals surface area contributed by atoms with Crippen LogP contribution in [-0.4, -0.2) is 15.4 Å². The number of aromatic carboxylic acids is 1. The molecular formula is C10H6ClNO2S. The maximum Gasteiger partial charge on any atom is 0.337 e. The minimum atomic E-state index is -1.03. The molecule has 0 bridgehead atoms. The van der Waals surface area contributed by atoms with Crippen molar-refractivity contribution in [2.75, 3.05) is 0 Å². The second-order valence-electron chi connectivity index (χ2n) is 2.88. The molecule has 1 N–H and O–H groups in total. The molecule has 0 fully saturated rings. The van der Waals surface area contributed by atoms with Crippen LogP contribution in [-0.2, 0) is 0 Å². The predicted molar refractivity (Wildman–Crippen MR) is 59.5 cm³/mol. The molecule has 0 radical (unpaired) electrons. The highest BCUT2D eigenvalue weighted by molar-refractivity contribution is 7.03. The van der Waals surface area contributed by atoms with E-state index in [1.165, 1.54) is 17.6 Å². The molecule has 1 heterocycles. The molecule has 15 heavy (non-hydrogen) atoms. The van der Waals surface area contributed by atoms with E-state index in [-0.39, 0.29) is 10.6 Å². The highest BCUT2D eigenvalue weighted by atomic mass is 35.5. The lowest BCUT2D eigenvalue weighted by molar-refractivity contribution is 0.0697. The summed E-state index contributed by atoms with van der Waals surface area (Å²) in [6.07, 6.45) is 0. The van der Waals surface area contributed by atoms with E-state index in [1.54, 1.807) is 12.1 Å². The second-order valence-corrected chi connectivity index (χ2v) is 3.96. The largest absolute Gasteiger partial charge is 0.478 e. The van der Waals surface area contributed by atoms with Gasteiger partial charge < -0.3 is 5.11 Å². The van der Waals surface area contributed by atoms with Crippen LogP contribution in [0.2, 0.25) is 5.02 Å². The van der Waals surface area contributed by atoms with E-state index in [0.717, 1.165) is 11.3 Å². The number of carbonyl (C=O) groups is 1. The fourth-order valence-corrected chi connectivity index (χ4v) is 1.94. The van der Waals surface area contributed by atoms with E-state index in [1.807, 2.05) is 11.4 Å². The molecule has 0 aliphatic heterocycles. The summed E-state index contributed by atoms with van der Waals surface area (Å²) in [5.74, 6) is -1.03. The second kappa shape index (κ2) is 4.00. The van der Waals surface area contributed by atoms with Crippen molar-refractivity contribution in [1.29, 1.82) is 0 Å². The Balaban J connectivity index is 2.52. The molecule has 0 aliphatic carbocycles. The first-order valence-corrected chi connectivity index (χ1v) is 5.33. The quantitative estimate of drug-likeness (QED) is 0.876. The monoisotopic (exact) mass is 239 g/mol. The van der Waals surface area contributed by atoms with E-state index in [2.05, 4.69) is 4.37 Å². The molecule has 0 spiro atoms. The van der Waals surface area contributed by atoms with Crippen molar-refractivity contribution in [3.05, 3.63) is 40.2 Å². The molecule has 0 atom stereocenters. The van der Waals surface area contributed by atoms with Crippen molar-refractivity contribution in [3.8, 4) is 11.3 Å². The lowest BCUT2D eigenvalue weighted by Crippen LogP contribution is -1.97. The number of benzene rings is 1. The minimum absolute atomic E-state index is 0.0992. The van der Waals surface area contributed by atoms with Crippen LogP contribution in [0.25, 0.3) is 11.3 Å². The molecule has 0 amide bonds. The van der Waals surface area contributed by atoms with Gasteiger partial charge in [0.15, 0.2) is 0 Å². The van der Waals surface area contributed by atoms with Gasteiger partial charge in [0.05, 0.1) is 16.3 Å². The topological polar surface area (TPSA) is 50.2 Å². The first-order chi connectivity index (χ1) is 7.18. The maximum atomic E-state index is 10.8. The highest BCUT2D eigenvalue weighted by Crippen LogP contribution is 2.24. The minimum Gasteiger partial charge on any atom is -0.478 e. The Morgan fingerprint density at radius 3 is 2.80 bits per heavy atom.